The normalized spacial score (nSPS) is 17.6. The van der Waals surface area contributed by atoms with Crippen molar-refractivity contribution in [1.82, 2.24) is 14.8 Å². The van der Waals surface area contributed by atoms with Crippen LogP contribution < -0.4 is 10.7 Å². The Hall–Kier alpha value is -3.10. The monoisotopic (exact) mass is 399 g/mol. The molecule has 1 unspecified atom stereocenters. The molecular weight excluding hydrogens is 380 g/mol. The van der Waals surface area contributed by atoms with Crippen molar-refractivity contribution in [1.29, 1.82) is 0 Å². The van der Waals surface area contributed by atoms with Crippen molar-refractivity contribution in [3.8, 4) is 5.69 Å². The van der Waals surface area contributed by atoms with Gasteiger partial charge in [0.15, 0.2) is 0 Å². The average Bonchev–Trinajstić information content (AvgIpc) is 2.69. The first-order valence-corrected chi connectivity index (χ1v) is 9.16. The summed E-state index contributed by atoms with van der Waals surface area (Å²) in [5.74, 6) is -2.42. The average molecular weight is 399 g/mol. The van der Waals surface area contributed by atoms with Crippen LogP contribution in [0.15, 0.2) is 47.4 Å². The van der Waals surface area contributed by atoms with E-state index in [9.17, 15) is 23.5 Å². The van der Waals surface area contributed by atoms with Crippen molar-refractivity contribution in [3.63, 3.8) is 0 Å². The molecule has 1 atom stereocenters. The first-order chi connectivity index (χ1) is 13.9. The molecule has 0 amide bonds. The Morgan fingerprint density at radius 3 is 2.59 bits per heavy atom. The van der Waals surface area contributed by atoms with Gasteiger partial charge in [0.1, 0.15) is 17.2 Å². The molecule has 2 N–H and O–H groups in total. The third-order valence-electron chi connectivity index (χ3n) is 5.33. The highest BCUT2D eigenvalue weighted by atomic mass is 19.1. The molecule has 2 heterocycles. The maximum absolute atomic E-state index is 15.0. The zero-order valence-corrected chi connectivity index (χ0v) is 15.7. The number of aromatic carboxylic acids is 1. The smallest absolute Gasteiger partial charge is 0.341 e. The third-order valence-corrected chi connectivity index (χ3v) is 5.33. The fourth-order valence-electron chi connectivity index (χ4n) is 3.74. The van der Waals surface area contributed by atoms with Crippen molar-refractivity contribution in [2.75, 3.05) is 26.7 Å². The van der Waals surface area contributed by atoms with E-state index in [0.717, 1.165) is 19.2 Å². The fourth-order valence-corrected chi connectivity index (χ4v) is 3.74. The minimum absolute atomic E-state index is 0.0399. The number of hydrogen-bond donors (Lipinski definition) is 2. The van der Waals surface area contributed by atoms with Crippen LogP contribution in [0.3, 0.4) is 0 Å². The van der Waals surface area contributed by atoms with Gasteiger partial charge in [0, 0.05) is 48.5 Å². The Bertz CT molecular complexity index is 1160. The second-order valence-electron chi connectivity index (χ2n) is 7.11. The Labute approximate surface area is 165 Å². The van der Waals surface area contributed by atoms with Crippen LogP contribution in [0.4, 0.5) is 8.78 Å². The lowest BCUT2D eigenvalue weighted by Crippen LogP contribution is -2.44. The molecule has 1 saturated heterocycles. The second-order valence-corrected chi connectivity index (χ2v) is 7.11. The highest BCUT2D eigenvalue weighted by Gasteiger charge is 2.25. The number of benzene rings is 2. The van der Waals surface area contributed by atoms with Gasteiger partial charge in [-0.2, -0.15) is 0 Å². The number of carboxylic acid groups (broad SMARTS) is 1. The zero-order chi connectivity index (χ0) is 20.7. The van der Waals surface area contributed by atoms with Gasteiger partial charge in [-0.1, -0.05) is 0 Å². The number of nitrogens with zero attached hydrogens (tertiary/aromatic N) is 2. The number of fused-ring (bicyclic) bond motifs is 1. The van der Waals surface area contributed by atoms with Gasteiger partial charge in [-0.15, -0.1) is 0 Å². The Balaban J connectivity index is 2.02. The van der Waals surface area contributed by atoms with Crippen molar-refractivity contribution >= 4 is 16.9 Å². The van der Waals surface area contributed by atoms with Crippen molar-refractivity contribution in [2.45, 2.75) is 6.04 Å². The van der Waals surface area contributed by atoms with Gasteiger partial charge >= 0.3 is 5.97 Å². The van der Waals surface area contributed by atoms with Crippen LogP contribution in [-0.4, -0.2) is 47.2 Å². The van der Waals surface area contributed by atoms with E-state index in [2.05, 4.69) is 5.32 Å². The predicted molar refractivity (Wildman–Crippen MR) is 105 cm³/mol. The fraction of sp³-hybridized carbons (Fsp3) is 0.238. The molecule has 0 aliphatic carbocycles. The van der Waals surface area contributed by atoms with Crippen LogP contribution in [0.5, 0.6) is 0 Å². The summed E-state index contributed by atoms with van der Waals surface area (Å²) in [6, 6.07) is 7.87. The van der Waals surface area contributed by atoms with E-state index < -0.39 is 28.6 Å². The van der Waals surface area contributed by atoms with E-state index in [1.54, 1.807) is 6.07 Å². The number of nitrogens with one attached hydrogen (secondary N) is 1. The lowest BCUT2D eigenvalue weighted by molar-refractivity contribution is 0.0695. The number of pyridine rings is 1. The number of likely N-dealkylation sites (N-methyl/N-ethyl adjacent to an activating group) is 1. The number of aromatic nitrogens is 1. The van der Waals surface area contributed by atoms with E-state index in [1.807, 2.05) is 11.9 Å². The number of halogens is 2. The molecule has 0 bridgehead atoms. The van der Waals surface area contributed by atoms with Gasteiger partial charge < -0.3 is 15.0 Å². The SMILES string of the molecule is CN1CCNCC1c1cc2c(cc1F)c(=O)c(C(=O)O)cn2-c1ccc(F)cc1. The summed E-state index contributed by atoms with van der Waals surface area (Å²) in [5.41, 5.74) is -0.00374. The van der Waals surface area contributed by atoms with E-state index in [1.165, 1.54) is 35.0 Å². The van der Waals surface area contributed by atoms with Gasteiger partial charge in [-0.05, 0) is 43.4 Å². The van der Waals surface area contributed by atoms with Crippen LogP contribution in [-0.2, 0) is 0 Å². The van der Waals surface area contributed by atoms with Crippen LogP contribution in [0, 0.1) is 11.6 Å². The van der Waals surface area contributed by atoms with Crippen molar-refractivity contribution < 1.29 is 18.7 Å². The molecule has 2 aromatic carbocycles. The number of carbonyl (C=O) groups is 1. The minimum Gasteiger partial charge on any atom is -0.477 e. The summed E-state index contributed by atoms with van der Waals surface area (Å²) in [5, 5.41) is 12.6. The predicted octanol–water partition coefficient (Wildman–Crippen LogP) is 2.54. The molecule has 29 heavy (non-hydrogen) atoms. The molecule has 1 fully saturated rings. The highest BCUT2D eigenvalue weighted by Crippen LogP contribution is 2.28. The summed E-state index contributed by atoms with van der Waals surface area (Å²) in [4.78, 5) is 26.3. The number of piperazine rings is 1. The van der Waals surface area contributed by atoms with Crippen molar-refractivity contribution in [3.05, 3.63) is 75.6 Å². The van der Waals surface area contributed by atoms with Gasteiger partial charge in [0.05, 0.1) is 5.52 Å². The lowest BCUT2D eigenvalue weighted by atomic mass is 9.99. The molecule has 8 heteroatoms. The molecule has 4 rings (SSSR count). The second kappa shape index (κ2) is 7.38. The lowest BCUT2D eigenvalue weighted by Gasteiger charge is -2.33. The molecule has 1 aliphatic heterocycles. The number of rotatable bonds is 3. The van der Waals surface area contributed by atoms with Crippen LogP contribution in [0.25, 0.3) is 16.6 Å². The van der Waals surface area contributed by atoms with Crippen molar-refractivity contribution in [2.24, 2.45) is 0 Å². The molecule has 6 nitrogen and oxygen atoms in total. The largest absolute Gasteiger partial charge is 0.477 e. The number of hydrogen-bond acceptors (Lipinski definition) is 4. The van der Waals surface area contributed by atoms with Gasteiger partial charge in [-0.3, -0.25) is 9.69 Å². The zero-order valence-electron chi connectivity index (χ0n) is 15.7. The molecule has 3 aromatic rings. The summed E-state index contributed by atoms with van der Waals surface area (Å²) >= 11 is 0. The Morgan fingerprint density at radius 1 is 1.21 bits per heavy atom. The Kier molecular flexibility index (Phi) is 4.89. The first-order valence-electron chi connectivity index (χ1n) is 9.16. The summed E-state index contributed by atoms with van der Waals surface area (Å²) < 4.78 is 29.8. The minimum atomic E-state index is -1.41. The first kappa shape index (κ1) is 19.2. The topological polar surface area (TPSA) is 74.6 Å². The van der Waals surface area contributed by atoms with E-state index in [-0.39, 0.29) is 11.4 Å². The molecule has 0 radical (unpaired) electrons. The maximum atomic E-state index is 15.0. The summed E-state index contributed by atoms with van der Waals surface area (Å²) in [6.45, 7) is 2.09. The highest BCUT2D eigenvalue weighted by molar-refractivity contribution is 5.93. The maximum Gasteiger partial charge on any atom is 0.341 e. The molecule has 1 aliphatic rings. The summed E-state index contributed by atoms with van der Waals surface area (Å²) in [7, 11) is 1.90. The van der Waals surface area contributed by atoms with E-state index >= 15 is 0 Å². The quantitative estimate of drug-likeness (QED) is 0.708. The molecule has 0 saturated carbocycles. The van der Waals surface area contributed by atoms with Crippen LogP contribution in [0.1, 0.15) is 22.0 Å². The Morgan fingerprint density at radius 2 is 1.93 bits per heavy atom. The third kappa shape index (κ3) is 3.41. The van der Waals surface area contributed by atoms with Crippen LogP contribution >= 0.6 is 0 Å². The number of carboxylic acids is 1. The standard InChI is InChI=1S/C21H19F2N3O3/c1-25-7-6-24-10-19(25)14-9-18-15(8-17(14)23)20(27)16(21(28)29)11-26(18)13-4-2-12(22)3-5-13/h2-5,8-9,11,19,24H,6-7,10H2,1H3,(H,28,29). The van der Waals surface area contributed by atoms with Crippen LogP contribution in [0.2, 0.25) is 0 Å². The summed E-state index contributed by atoms with van der Waals surface area (Å²) in [6.07, 6.45) is 1.20. The molecule has 0 spiro atoms. The van der Waals surface area contributed by atoms with Gasteiger partial charge in [-0.25, -0.2) is 13.6 Å². The molecule has 1 aromatic heterocycles. The molecule has 150 valence electrons. The van der Waals surface area contributed by atoms with E-state index in [4.69, 9.17) is 0 Å². The van der Waals surface area contributed by atoms with E-state index in [0.29, 0.717) is 23.3 Å². The molecular formula is C21H19F2N3O3. The van der Waals surface area contributed by atoms with Gasteiger partial charge in [0.2, 0.25) is 5.43 Å². The van der Waals surface area contributed by atoms with Gasteiger partial charge in [0.25, 0.3) is 0 Å².